The van der Waals surface area contributed by atoms with Crippen molar-refractivity contribution in [1.82, 2.24) is 4.67 Å². The van der Waals surface area contributed by atoms with Crippen LogP contribution in [0.25, 0.3) is 0 Å². The molecule has 0 unspecified atom stereocenters. The van der Waals surface area contributed by atoms with Crippen LogP contribution < -0.4 is 0 Å². The fraction of sp³-hybridized carbons (Fsp3) is 0.778. The molecule has 84 valence electrons. The molecule has 0 aliphatic rings. The number of rotatable bonds is 6. The van der Waals surface area contributed by atoms with Crippen LogP contribution in [0.15, 0.2) is 0 Å². The van der Waals surface area contributed by atoms with Crippen molar-refractivity contribution < 1.29 is 9.05 Å². The van der Waals surface area contributed by atoms with Gasteiger partial charge in [-0.25, -0.2) is 0 Å². The third-order valence-electron chi connectivity index (χ3n) is 1.90. The van der Waals surface area contributed by atoms with E-state index >= 15 is 0 Å². The monoisotopic (exact) mass is 331 g/mol. The SMILES string of the molecule is C#CCN(C)P(C)(I)(OCC)OCC. The molecule has 0 amide bonds. The molecular formula is C9H19INO2P. The Hall–Kier alpha value is 0.600. The van der Waals surface area contributed by atoms with Gasteiger partial charge in [0.25, 0.3) is 0 Å². The fourth-order valence-electron chi connectivity index (χ4n) is 1.10. The van der Waals surface area contributed by atoms with Gasteiger partial charge in [0.05, 0.1) is 0 Å². The predicted molar refractivity (Wildman–Crippen MR) is 71.6 cm³/mol. The van der Waals surface area contributed by atoms with Crippen molar-refractivity contribution in [2.24, 2.45) is 0 Å². The van der Waals surface area contributed by atoms with E-state index in [1.165, 1.54) is 0 Å². The third-order valence-corrected chi connectivity index (χ3v) is 9.09. The molecule has 0 aromatic rings. The van der Waals surface area contributed by atoms with Crippen LogP contribution in [0.2, 0.25) is 0 Å². The van der Waals surface area contributed by atoms with E-state index in [0.717, 1.165) is 0 Å². The maximum absolute atomic E-state index is 5.80. The molecule has 0 aromatic carbocycles. The molecule has 14 heavy (non-hydrogen) atoms. The Morgan fingerprint density at radius 3 is 2.07 bits per heavy atom. The number of nitrogens with zero attached hydrogens (tertiary/aromatic N) is 1. The third kappa shape index (κ3) is 3.63. The van der Waals surface area contributed by atoms with Crippen LogP contribution in [-0.4, -0.2) is 38.1 Å². The molecule has 0 saturated heterocycles. The van der Waals surface area contributed by atoms with Crippen molar-refractivity contribution in [3.63, 3.8) is 0 Å². The number of terminal acetylenes is 1. The topological polar surface area (TPSA) is 21.7 Å². The molecule has 0 aliphatic carbocycles. The van der Waals surface area contributed by atoms with E-state index in [2.05, 4.69) is 28.0 Å². The van der Waals surface area contributed by atoms with E-state index in [1.807, 2.05) is 32.2 Å². The summed E-state index contributed by atoms with van der Waals surface area (Å²) in [6.07, 6.45) is 5.29. The van der Waals surface area contributed by atoms with Gasteiger partial charge in [-0.3, -0.25) is 0 Å². The zero-order chi connectivity index (χ0) is 11.3. The summed E-state index contributed by atoms with van der Waals surface area (Å²) in [5.74, 6) is 2.61. The van der Waals surface area contributed by atoms with Crippen molar-refractivity contribution >= 4 is 26.9 Å². The number of halogens is 1. The summed E-state index contributed by atoms with van der Waals surface area (Å²) < 4.78 is 13.6. The average molecular weight is 331 g/mol. The molecule has 0 saturated carbocycles. The zero-order valence-electron chi connectivity index (χ0n) is 9.29. The summed E-state index contributed by atoms with van der Waals surface area (Å²) in [6, 6.07) is 0. The molecule has 0 fully saturated rings. The van der Waals surface area contributed by atoms with E-state index in [9.17, 15) is 0 Å². The number of hydrogen-bond acceptors (Lipinski definition) is 3. The molecule has 0 rings (SSSR count). The first-order valence-electron chi connectivity index (χ1n) is 4.58. The summed E-state index contributed by atoms with van der Waals surface area (Å²) in [7, 11) is 1.94. The van der Waals surface area contributed by atoms with Gasteiger partial charge in [0, 0.05) is 0 Å². The molecule has 0 atom stereocenters. The van der Waals surface area contributed by atoms with Gasteiger partial charge in [0.1, 0.15) is 0 Å². The molecule has 0 heterocycles. The van der Waals surface area contributed by atoms with Crippen molar-refractivity contribution in [3.8, 4) is 12.3 Å². The summed E-state index contributed by atoms with van der Waals surface area (Å²) in [6.45, 7) is 7.74. The van der Waals surface area contributed by atoms with Gasteiger partial charge < -0.3 is 0 Å². The van der Waals surface area contributed by atoms with Crippen molar-refractivity contribution in [1.29, 1.82) is 0 Å². The van der Waals surface area contributed by atoms with Crippen LogP contribution in [-0.2, 0) is 9.05 Å². The van der Waals surface area contributed by atoms with Crippen molar-refractivity contribution in [3.05, 3.63) is 0 Å². The van der Waals surface area contributed by atoms with E-state index in [-0.39, 0.29) is 0 Å². The molecule has 0 spiro atoms. The minimum atomic E-state index is -2.69. The molecule has 0 aliphatic heterocycles. The van der Waals surface area contributed by atoms with Gasteiger partial charge in [-0.1, -0.05) is 0 Å². The van der Waals surface area contributed by atoms with Gasteiger partial charge in [-0.15, -0.1) is 0 Å². The Morgan fingerprint density at radius 2 is 1.79 bits per heavy atom. The van der Waals surface area contributed by atoms with Crippen LogP contribution in [0.5, 0.6) is 0 Å². The average Bonchev–Trinajstić information content (AvgIpc) is 2.05. The molecule has 0 N–H and O–H groups in total. The molecule has 0 aromatic heterocycles. The minimum absolute atomic E-state index is 0.539. The standard InChI is InChI=1S/C9H19INO2P/c1-6-9-11(4)14(5,10,12-7-2)13-8-3/h1H,7-9H2,2-5H3. The molecule has 0 bridgehead atoms. The second-order valence-corrected chi connectivity index (χ2v) is 13.2. The Bertz CT molecular complexity index is 217. The summed E-state index contributed by atoms with van der Waals surface area (Å²) in [5.41, 5.74) is 0. The van der Waals surface area contributed by atoms with Crippen LogP contribution in [0, 0.1) is 12.3 Å². The van der Waals surface area contributed by atoms with Gasteiger partial charge >= 0.3 is 100 Å². The Balaban J connectivity index is 4.77. The maximum atomic E-state index is 5.80. The second kappa shape index (κ2) is 5.62. The van der Waals surface area contributed by atoms with E-state index < -0.39 is 4.85 Å². The molecule has 0 radical (unpaired) electrons. The van der Waals surface area contributed by atoms with Gasteiger partial charge in [0.15, 0.2) is 0 Å². The van der Waals surface area contributed by atoms with Crippen LogP contribution in [0.1, 0.15) is 13.8 Å². The number of hydrogen-bond donors (Lipinski definition) is 0. The summed E-state index contributed by atoms with van der Waals surface area (Å²) in [4.78, 5) is -2.69. The van der Waals surface area contributed by atoms with E-state index in [1.54, 1.807) is 0 Å². The quantitative estimate of drug-likeness (QED) is 0.424. The fourth-order valence-corrected chi connectivity index (χ4v) is 5.24. The summed E-state index contributed by atoms with van der Waals surface area (Å²) >= 11 is 2.27. The van der Waals surface area contributed by atoms with Gasteiger partial charge in [-0.05, 0) is 0 Å². The molecular weight excluding hydrogens is 312 g/mol. The second-order valence-electron chi connectivity index (χ2n) is 3.04. The van der Waals surface area contributed by atoms with Crippen LogP contribution >= 0.6 is 26.9 Å². The van der Waals surface area contributed by atoms with Crippen molar-refractivity contribution in [2.75, 3.05) is 33.5 Å². The first-order valence-corrected chi connectivity index (χ1v) is 9.84. The molecule has 5 heteroatoms. The first kappa shape index (κ1) is 14.6. The first-order chi connectivity index (χ1) is 6.39. The summed E-state index contributed by atoms with van der Waals surface area (Å²) in [5, 5.41) is 0. The van der Waals surface area contributed by atoms with Gasteiger partial charge in [-0.2, -0.15) is 0 Å². The Morgan fingerprint density at radius 1 is 1.36 bits per heavy atom. The normalized spacial score (nSPS) is 14.8. The van der Waals surface area contributed by atoms with E-state index in [0.29, 0.717) is 19.8 Å². The van der Waals surface area contributed by atoms with Gasteiger partial charge in [0.2, 0.25) is 0 Å². The van der Waals surface area contributed by atoms with Crippen LogP contribution in [0.4, 0.5) is 0 Å². The predicted octanol–water partition coefficient (Wildman–Crippen LogP) is 2.90. The Labute approximate surface area is 100 Å². The van der Waals surface area contributed by atoms with E-state index in [4.69, 9.17) is 15.5 Å². The van der Waals surface area contributed by atoms with Crippen LogP contribution in [0.3, 0.4) is 0 Å². The van der Waals surface area contributed by atoms with Crippen molar-refractivity contribution in [2.45, 2.75) is 13.8 Å². The Kier molecular flexibility index (Phi) is 5.86. The molecule has 3 nitrogen and oxygen atoms in total. The zero-order valence-corrected chi connectivity index (χ0v) is 12.3.